The summed E-state index contributed by atoms with van der Waals surface area (Å²) in [5, 5.41) is 6.05. The van der Waals surface area contributed by atoms with Crippen LogP contribution in [0.4, 0.5) is 15.9 Å². The van der Waals surface area contributed by atoms with E-state index in [-0.39, 0.29) is 19.0 Å². The molecule has 0 saturated carbocycles. The first kappa shape index (κ1) is 26.3. The average Bonchev–Trinajstić information content (AvgIpc) is 3.24. The molecule has 37 heavy (non-hydrogen) atoms. The summed E-state index contributed by atoms with van der Waals surface area (Å²) >= 11 is 7.76. The van der Waals surface area contributed by atoms with Gasteiger partial charge < -0.3 is 15.4 Å². The number of sulfone groups is 1. The average molecular weight is 559 g/mol. The number of nitrogens with one attached hydrogen (secondary N) is 2. The highest BCUT2D eigenvalue weighted by Crippen LogP contribution is 2.33. The molecule has 0 saturated heterocycles. The summed E-state index contributed by atoms with van der Waals surface area (Å²) in [6.45, 7) is 0.197. The Labute approximate surface area is 221 Å². The van der Waals surface area contributed by atoms with E-state index < -0.39 is 21.5 Å². The van der Waals surface area contributed by atoms with E-state index in [1.807, 2.05) is 0 Å². The highest BCUT2D eigenvalue weighted by molar-refractivity contribution is 7.91. The zero-order valence-corrected chi connectivity index (χ0v) is 21.8. The van der Waals surface area contributed by atoms with Gasteiger partial charge in [0, 0.05) is 11.9 Å². The van der Waals surface area contributed by atoms with E-state index in [4.69, 9.17) is 16.3 Å². The summed E-state index contributed by atoms with van der Waals surface area (Å²) < 4.78 is 42.1. The van der Waals surface area contributed by atoms with Gasteiger partial charge >= 0.3 is 0 Å². The van der Waals surface area contributed by atoms with Crippen molar-refractivity contribution >= 4 is 60.4 Å². The summed E-state index contributed by atoms with van der Waals surface area (Å²) in [6.07, 6.45) is 2.42. The second-order valence-corrected chi connectivity index (χ2v) is 11.5. The van der Waals surface area contributed by atoms with Crippen LogP contribution >= 0.6 is 22.9 Å². The van der Waals surface area contributed by atoms with Gasteiger partial charge in [-0.2, -0.15) is 0 Å². The number of rotatable bonds is 8. The zero-order chi connectivity index (χ0) is 26.4. The molecule has 0 fully saturated rings. The Morgan fingerprint density at radius 3 is 2.78 bits per heavy atom. The van der Waals surface area contributed by atoms with Crippen molar-refractivity contribution in [3.05, 3.63) is 76.1 Å². The van der Waals surface area contributed by atoms with Gasteiger partial charge in [-0.15, -0.1) is 11.3 Å². The number of amides is 1. The normalized spacial score (nSPS) is 11.0. The van der Waals surface area contributed by atoms with E-state index in [0.717, 1.165) is 11.0 Å². The Morgan fingerprint density at radius 1 is 1.19 bits per heavy atom. The molecule has 0 aliphatic rings. The van der Waals surface area contributed by atoms with Crippen LogP contribution in [0.15, 0.2) is 54.9 Å². The van der Waals surface area contributed by atoms with E-state index in [9.17, 15) is 17.6 Å². The Hall–Kier alpha value is -3.72. The van der Waals surface area contributed by atoms with Crippen LogP contribution in [0.1, 0.15) is 10.4 Å². The first-order chi connectivity index (χ1) is 17.7. The number of nitrogens with zero attached hydrogens (tertiary/aromatic N) is 2. The van der Waals surface area contributed by atoms with Crippen LogP contribution in [-0.4, -0.2) is 42.8 Å². The fraction of sp³-hybridized carbons (Fsp3) is 0.160. The Bertz CT molecular complexity index is 1630. The number of hydrogen-bond donors (Lipinski definition) is 2. The largest absolute Gasteiger partial charge is 0.487 e. The van der Waals surface area contributed by atoms with Crippen molar-refractivity contribution in [3.8, 4) is 17.6 Å². The zero-order valence-electron chi connectivity index (χ0n) is 19.4. The first-order valence-corrected chi connectivity index (χ1v) is 14.0. The van der Waals surface area contributed by atoms with Crippen LogP contribution in [0.2, 0.25) is 5.02 Å². The molecule has 2 aromatic carbocycles. The number of carbonyl (C=O) groups is 1. The van der Waals surface area contributed by atoms with Crippen molar-refractivity contribution in [2.24, 2.45) is 0 Å². The molecular weight excluding hydrogens is 539 g/mol. The Morgan fingerprint density at radius 2 is 2.03 bits per heavy atom. The van der Waals surface area contributed by atoms with Crippen molar-refractivity contribution in [2.45, 2.75) is 6.61 Å². The number of carbonyl (C=O) groups excluding carboxylic acids is 1. The monoisotopic (exact) mass is 558 g/mol. The van der Waals surface area contributed by atoms with Gasteiger partial charge in [-0.25, -0.2) is 22.8 Å². The molecule has 2 aromatic heterocycles. The maximum absolute atomic E-state index is 13.4. The number of halogens is 2. The molecule has 2 heterocycles. The molecule has 0 aliphatic heterocycles. The van der Waals surface area contributed by atoms with E-state index in [1.54, 1.807) is 36.4 Å². The Kier molecular flexibility index (Phi) is 8.23. The quantitative estimate of drug-likeness (QED) is 0.310. The number of thiophene rings is 1. The van der Waals surface area contributed by atoms with Crippen LogP contribution < -0.4 is 15.4 Å². The number of benzene rings is 2. The molecule has 0 spiro atoms. The SMILES string of the molecule is CS(=O)(=O)CC(=O)NCC#Cc1cc2ncnc(Nc3ccc(OCc4cccc(F)c4)c(Cl)c3)c2s1. The van der Waals surface area contributed by atoms with Crippen molar-refractivity contribution in [1.29, 1.82) is 0 Å². The topological polar surface area (TPSA) is 110 Å². The molecule has 0 atom stereocenters. The molecule has 0 radical (unpaired) electrons. The predicted molar refractivity (Wildman–Crippen MR) is 142 cm³/mol. The van der Waals surface area contributed by atoms with Crippen molar-refractivity contribution in [3.63, 3.8) is 0 Å². The highest BCUT2D eigenvalue weighted by Gasteiger charge is 2.11. The summed E-state index contributed by atoms with van der Waals surface area (Å²) in [6, 6.07) is 13.2. The molecular formula is C25H20ClFN4O4S2. The molecule has 8 nitrogen and oxygen atoms in total. The summed E-state index contributed by atoms with van der Waals surface area (Å²) in [4.78, 5) is 20.9. The van der Waals surface area contributed by atoms with Crippen LogP contribution in [0.25, 0.3) is 10.2 Å². The van der Waals surface area contributed by atoms with Crippen molar-refractivity contribution < 1.29 is 22.3 Å². The highest BCUT2D eigenvalue weighted by atomic mass is 35.5. The predicted octanol–water partition coefficient (Wildman–Crippen LogP) is 4.32. The minimum absolute atomic E-state index is 0.0194. The van der Waals surface area contributed by atoms with E-state index in [0.29, 0.717) is 38.2 Å². The molecule has 1 amide bonds. The van der Waals surface area contributed by atoms with Crippen molar-refractivity contribution in [2.75, 3.05) is 23.9 Å². The summed E-state index contributed by atoms with van der Waals surface area (Å²) in [7, 11) is -3.39. The Balaban J connectivity index is 1.42. The summed E-state index contributed by atoms with van der Waals surface area (Å²) in [5.41, 5.74) is 2.06. The van der Waals surface area contributed by atoms with Gasteiger partial charge in [0.15, 0.2) is 15.7 Å². The molecule has 4 aromatic rings. The first-order valence-electron chi connectivity index (χ1n) is 10.8. The van der Waals surface area contributed by atoms with Gasteiger partial charge in [-0.05, 0) is 42.0 Å². The van der Waals surface area contributed by atoms with E-state index in [2.05, 4.69) is 32.4 Å². The molecule has 2 N–H and O–H groups in total. The van der Waals surface area contributed by atoms with Crippen LogP contribution in [-0.2, 0) is 21.2 Å². The second-order valence-electron chi connectivity index (χ2n) is 7.88. The fourth-order valence-electron chi connectivity index (χ4n) is 3.19. The molecule has 12 heteroatoms. The number of anilines is 2. The minimum atomic E-state index is -3.39. The number of aromatic nitrogens is 2. The third-order valence-electron chi connectivity index (χ3n) is 4.77. The smallest absolute Gasteiger partial charge is 0.235 e. The van der Waals surface area contributed by atoms with Crippen LogP contribution in [0.5, 0.6) is 5.75 Å². The maximum atomic E-state index is 13.4. The number of hydrogen-bond acceptors (Lipinski definition) is 8. The van der Waals surface area contributed by atoms with E-state index in [1.165, 1.54) is 29.8 Å². The summed E-state index contributed by atoms with van der Waals surface area (Å²) in [5.74, 6) is 5.25. The maximum Gasteiger partial charge on any atom is 0.235 e. The standard InChI is InChI=1S/C25H20ClFN4O4S2/c1-37(33,34)14-23(32)28-9-3-6-19-12-21-24(36-19)25(30-15-29-21)31-18-7-8-22(20(26)11-18)35-13-16-4-2-5-17(27)10-16/h2,4-5,7-8,10-12,15H,9,13-14H2,1H3,(H,28,32)(H,29,30,31). The van der Waals surface area contributed by atoms with Crippen LogP contribution in [0, 0.1) is 17.7 Å². The molecule has 0 unspecified atom stereocenters. The van der Waals surface area contributed by atoms with E-state index >= 15 is 0 Å². The molecule has 0 bridgehead atoms. The van der Waals surface area contributed by atoms with Gasteiger partial charge in [0.05, 0.1) is 26.7 Å². The van der Waals surface area contributed by atoms with Gasteiger partial charge in [-0.3, -0.25) is 4.79 Å². The van der Waals surface area contributed by atoms with Gasteiger partial charge in [0.25, 0.3) is 0 Å². The molecule has 190 valence electrons. The van der Waals surface area contributed by atoms with Crippen LogP contribution in [0.3, 0.4) is 0 Å². The second kappa shape index (κ2) is 11.6. The molecule has 0 aliphatic carbocycles. The molecule has 4 rings (SSSR count). The third kappa shape index (κ3) is 7.63. The third-order valence-corrected chi connectivity index (χ3v) is 6.90. The minimum Gasteiger partial charge on any atom is -0.487 e. The number of ether oxygens (including phenoxy) is 1. The lowest BCUT2D eigenvalue weighted by Gasteiger charge is -2.11. The van der Waals surface area contributed by atoms with Gasteiger partial charge in [-0.1, -0.05) is 35.6 Å². The number of fused-ring (bicyclic) bond motifs is 1. The lowest BCUT2D eigenvalue weighted by atomic mass is 10.2. The fourth-order valence-corrected chi connectivity index (χ4v) is 4.93. The van der Waals surface area contributed by atoms with Gasteiger partial charge in [0.1, 0.15) is 30.3 Å². The van der Waals surface area contributed by atoms with Crippen molar-refractivity contribution in [1.82, 2.24) is 15.3 Å². The van der Waals surface area contributed by atoms with Gasteiger partial charge in [0.2, 0.25) is 5.91 Å². The lowest BCUT2D eigenvalue weighted by Crippen LogP contribution is -2.30. The lowest BCUT2D eigenvalue weighted by molar-refractivity contribution is -0.118.